The molecule has 2 aromatic rings. The van der Waals surface area contributed by atoms with Crippen molar-refractivity contribution in [2.24, 2.45) is 0 Å². The molecular weight excluding hydrogens is 314 g/mol. The summed E-state index contributed by atoms with van der Waals surface area (Å²) < 4.78 is 10.3. The average Bonchev–Trinajstić information content (AvgIpc) is 2.60. The van der Waals surface area contributed by atoms with Crippen LogP contribution in [-0.4, -0.2) is 25.2 Å². The molecule has 2 aromatic carbocycles. The summed E-state index contributed by atoms with van der Waals surface area (Å²) in [6, 6.07) is 14.1. The number of carbonyl (C=O) groups excluding carboxylic acids is 1. The molecule has 0 saturated heterocycles. The normalized spacial score (nSPS) is 9.65. The molecule has 0 bridgehead atoms. The molecule has 0 aliphatic heterocycles. The molecule has 0 aromatic heterocycles. The Kier molecular flexibility index (Phi) is 5.76. The van der Waals surface area contributed by atoms with Crippen molar-refractivity contribution in [1.82, 2.24) is 10.9 Å². The number of ether oxygens (including phenoxy) is 2. The smallest absolute Gasteiger partial charge is 0.269 e. The number of carbonyl (C=O) groups is 1. The van der Waals surface area contributed by atoms with E-state index in [9.17, 15) is 4.79 Å². The highest BCUT2D eigenvalue weighted by atomic mass is 32.1. The Bertz CT molecular complexity index is 689. The van der Waals surface area contributed by atoms with Crippen LogP contribution in [0.1, 0.15) is 10.4 Å². The topological polar surface area (TPSA) is 71.6 Å². The Labute approximate surface area is 139 Å². The molecule has 120 valence electrons. The lowest BCUT2D eigenvalue weighted by Gasteiger charge is -2.13. The van der Waals surface area contributed by atoms with Crippen LogP contribution in [0.25, 0.3) is 0 Å². The number of methoxy groups -OCH3 is 2. The molecule has 6 nitrogen and oxygen atoms in total. The average molecular weight is 331 g/mol. The number of benzene rings is 2. The molecule has 0 aliphatic rings. The number of rotatable bonds is 4. The summed E-state index contributed by atoms with van der Waals surface area (Å²) in [6.45, 7) is 0. The second kappa shape index (κ2) is 8.00. The summed E-state index contributed by atoms with van der Waals surface area (Å²) in [5, 5.41) is 3.19. The summed E-state index contributed by atoms with van der Waals surface area (Å²) in [4.78, 5) is 12.0. The molecule has 2 rings (SSSR count). The molecule has 0 spiro atoms. The maximum Gasteiger partial charge on any atom is 0.269 e. The first kappa shape index (κ1) is 16.6. The molecule has 0 heterocycles. The van der Waals surface area contributed by atoms with E-state index in [0.29, 0.717) is 22.7 Å². The minimum Gasteiger partial charge on any atom is -0.497 e. The first-order valence-corrected chi connectivity index (χ1v) is 7.19. The molecule has 7 heteroatoms. The van der Waals surface area contributed by atoms with Gasteiger partial charge in [0, 0.05) is 5.56 Å². The molecule has 0 radical (unpaired) electrons. The second-order valence-electron chi connectivity index (χ2n) is 4.46. The monoisotopic (exact) mass is 331 g/mol. The van der Waals surface area contributed by atoms with E-state index in [1.807, 2.05) is 18.2 Å². The minimum absolute atomic E-state index is 0.247. The number of thiocarbonyl (C=S) groups is 1. The molecule has 23 heavy (non-hydrogen) atoms. The van der Waals surface area contributed by atoms with E-state index >= 15 is 0 Å². The maximum absolute atomic E-state index is 12.0. The Morgan fingerprint density at radius 3 is 2.30 bits per heavy atom. The van der Waals surface area contributed by atoms with Crippen molar-refractivity contribution in [1.29, 1.82) is 0 Å². The van der Waals surface area contributed by atoms with E-state index in [1.54, 1.807) is 44.6 Å². The van der Waals surface area contributed by atoms with E-state index in [2.05, 4.69) is 16.2 Å². The number of para-hydroxylation sites is 2. The maximum atomic E-state index is 12.0. The van der Waals surface area contributed by atoms with Crippen molar-refractivity contribution < 1.29 is 14.3 Å². The quantitative estimate of drug-likeness (QED) is 0.590. The Morgan fingerprint density at radius 1 is 0.957 bits per heavy atom. The fraction of sp³-hybridized carbons (Fsp3) is 0.125. The first-order chi connectivity index (χ1) is 11.1. The fourth-order valence-corrected chi connectivity index (χ4v) is 1.99. The van der Waals surface area contributed by atoms with Gasteiger partial charge in [-0.2, -0.15) is 0 Å². The zero-order chi connectivity index (χ0) is 16.7. The van der Waals surface area contributed by atoms with Crippen molar-refractivity contribution in [2.45, 2.75) is 0 Å². The van der Waals surface area contributed by atoms with Crippen LogP contribution in [0.2, 0.25) is 0 Å². The second-order valence-corrected chi connectivity index (χ2v) is 4.87. The predicted molar refractivity (Wildman–Crippen MR) is 92.8 cm³/mol. The number of hydrazine groups is 1. The third-order valence-corrected chi connectivity index (χ3v) is 3.20. The number of hydrogen-bond donors (Lipinski definition) is 3. The summed E-state index contributed by atoms with van der Waals surface area (Å²) in [6.07, 6.45) is 0. The van der Waals surface area contributed by atoms with E-state index < -0.39 is 0 Å². The van der Waals surface area contributed by atoms with E-state index in [0.717, 1.165) is 0 Å². The number of anilines is 1. The van der Waals surface area contributed by atoms with Crippen LogP contribution in [0.4, 0.5) is 5.69 Å². The number of amides is 1. The van der Waals surface area contributed by atoms with Gasteiger partial charge in [-0.05, 0) is 48.6 Å². The molecular formula is C16H17N3O3S. The lowest BCUT2D eigenvalue weighted by Crippen LogP contribution is -2.43. The zero-order valence-corrected chi connectivity index (χ0v) is 13.6. The third-order valence-electron chi connectivity index (χ3n) is 3.00. The van der Waals surface area contributed by atoms with Gasteiger partial charge in [-0.25, -0.2) is 0 Å². The van der Waals surface area contributed by atoms with Gasteiger partial charge in [-0.15, -0.1) is 0 Å². The molecule has 1 amide bonds. The van der Waals surface area contributed by atoms with Crippen LogP contribution in [-0.2, 0) is 0 Å². The molecule has 0 atom stereocenters. The van der Waals surface area contributed by atoms with Gasteiger partial charge in [-0.1, -0.05) is 12.1 Å². The standard InChI is InChI=1S/C16H17N3O3S/c1-21-12-9-7-11(8-10-12)15(20)18-19-16(23)17-13-5-3-4-6-14(13)22-2/h3-10H,1-2H3,(H,18,20)(H2,17,19,23). The van der Waals surface area contributed by atoms with Gasteiger partial charge in [0.25, 0.3) is 5.91 Å². The third kappa shape index (κ3) is 4.58. The highest BCUT2D eigenvalue weighted by Gasteiger charge is 2.07. The van der Waals surface area contributed by atoms with Gasteiger partial charge in [-0.3, -0.25) is 15.6 Å². The van der Waals surface area contributed by atoms with Gasteiger partial charge >= 0.3 is 0 Å². The lowest BCUT2D eigenvalue weighted by atomic mass is 10.2. The SMILES string of the molecule is COc1ccc(C(=O)NNC(=S)Nc2ccccc2OC)cc1. The summed E-state index contributed by atoms with van der Waals surface area (Å²) in [5.74, 6) is 1.03. The molecule has 0 saturated carbocycles. The van der Waals surface area contributed by atoms with Gasteiger partial charge < -0.3 is 14.8 Å². The number of nitrogens with one attached hydrogen (secondary N) is 3. The molecule has 0 fully saturated rings. The Balaban J connectivity index is 1.89. The minimum atomic E-state index is -0.308. The fourth-order valence-electron chi connectivity index (χ4n) is 1.83. The lowest BCUT2D eigenvalue weighted by molar-refractivity contribution is 0.0944. The van der Waals surface area contributed by atoms with Crippen molar-refractivity contribution >= 4 is 28.9 Å². The first-order valence-electron chi connectivity index (χ1n) is 6.78. The largest absolute Gasteiger partial charge is 0.497 e. The molecule has 3 N–H and O–H groups in total. The van der Waals surface area contributed by atoms with Gasteiger partial charge in [0.1, 0.15) is 11.5 Å². The van der Waals surface area contributed by atoms with Gasteiger partial charge in [0.15, 0.2) is 5.11 Å². The predicted octanol–water partition coefficient (Wildman–Crippen LogP) is 2.34. The van der Waals surface area contributed by atoms with Crippen LogP contribution in [0.5, 0.6) is 11.5 Å². The van der Waals surface area contributed by atoms with Crippen LogP contribution < -0.4 is 25.6 Å². The highest BCUT2D eigenvalue weighted by molar-refractivity contribution is 7.80. The molecule has 0 unspecified atom stereocenters. The Hall–Kier alpha value is -2.80. The van der Waals surface area contributed by atoms with Crippen molar-refractivity contribution in [3.8, 4) is 11.5 Å². The number of hydrogen-bond acceptors (Lipinski definition) is 4. The van der Waals surface area contributed by atoms with E-state index in [-0.39, 0.29) is 11.0 Å². The van der Waals surface area contributed by atoms with Gasteiger partial charge in [0.05, 0.1) is 19.9 Å². The van der Waals surface area contributed by atoms with Crippen molar-refractivity contribution in [3.63, 3.8) is 0 Å². The van der Waals surface area contributed by atoms with E-state index in [1.165, 1.54) is 0 Å². The van der Waals surface area contributed by atoms with Crippen LogP contribution in [0.15, 0.2) is 48.5 Å². The summed E-state index contributed by atoms with van der Waals surface area (Å²) in [5.41, 5.74) is 6.35. The van der Waals surface area contributed by atoms with Crippen LogP contribution >= 0.6 is 12.2 Å². The van der Waals surface area contributed by atoms with E-state index in [4.69, 9.17) is 21.7 Å². The summed E-state index contributed by atoms with van der Waals surface area (Å²) >= 11 is 5.14. The van der Waals surface area contributed by atoms with Crippen LogP contribution in [0, 0.1) is 0 Å². The van der Waals surface area contributed by atoms with Crippen LogP contribution in [0.3, 0.4) is 0 Å². The molecule has 0 aliphatic carbocycles. The van der Waals surface area contributed by atoms with Crippen molar-refractivity contribution in [2.75, 3.05) is 19.5 Å². The van der Waals surface area contributed by atoms with Crippen molar-refractivity contribution in [3.05, 3.63) is 54.1 Å². The Morgan fingerprint density at radius 2 is 1.65 bits per heavy atom. The highest BCUT2D eigenvalue weighted by Crippen LogP contribution is 2.22. The zero-order valence-electron chi connectivity index (χ0n) is 12.8. The van der Waals surface area contributed by atoms with Gasteiger partial charge in [0.2, 0.25) is 0 Å². The summed E-state index contributed by atoms with van der Waals surface area (Å²) in [7, 11) is 3.14.